The second kappa shape index (κ2) is 6.89. The largest absolute Gasteiger partial charge is 0.337 e. The van der Waals surface area contributed by atoms with E-state index in [1.807, 2.05) is 23.2 Å². The molecule has 0 bridgehead atoms. The molecule has 1 unspecified atom stereocenters. The Hall–Kier alpha value is -0.950. The van der Waals surface area contributed by atoms with Crippen molar-refractivity contribution in [3.63, 3.8) is 0 Å². The number of fused-ring (bicyclic) bond motifs is 1. The van der Waals surface area contributed by atoms with Gasteiger partial charge in [0, 0.05) is 23.3 Å². The lowest BCUT2D eigenvalue weighted by atomic mass is 10.1. The van der Waals surface area contributed by atoms with Crippen LogP contribution in [0, 0.1) is 6.92 Å². The van der Waals surface area contributed by atoms with Crippen molar-refractivity contribution in [3.05, 3.63) is 26.9 Å². The number of nitrogens with zero attached hydrogens (tertiary/aromatic N) is 2. The molecule has 4 nitrogen and oxygen atoms in total. The summed E-state index contributed by atoms with van der Waals surface area (Å²) in [6.07, 6.45) is 3.07. The SMILES string of the molecule is Cc1nc(-c2cc3c(s2)CCN(C(=O)C2CCCN2)C3)cs1.Cl. The van der Waals surface area contributed by atoms with Gasteiger partial charge >= 0.3 is 0 Å². The summed E-state index contributed by atoms with van der Waals surface area (Å²) in [6.45, 7) is 4.62. The molecule has 1 amide bonds. The summed E-state index contributed by atoms with van der Waals surface area (Å²) >= 11 is 3.53. The lowest BCUT2D eigenvalue weighted by Gasteiger charge is -2.29. The number of aryl methyl sites for hydroxylation is 1. The Morgan fingerprint density at radius 1 is 1.48 bits per heavy atom. The van der Waals surface area contributed by atoms with E-state index < -0.39 is 0 Å². The number of halogens is 1. The molecule has 2 aromatic heterocycles. The van der Waals surface area contributed by atoms with Gasteiger partial charge in [0.2, 0.25) is 5.91 Å². The van der Waals surface area contributed by atoms with Crippen LogP contribution in [-0.4, -0.2) is 34.9 Å². The molecule has 4 rings (SSSR count). The smallest absolute Gasteiger partial charge is 0.240 e. The van der Waals surface area contributed by atoms with E-state index >= 15 is 0 Å². The number of rotatable bonds is 2. The molecule has 1 saturated heterocycles. The van der Waals surface area contributed by atoms with Crippen LogP contribution in [0.1, 0.15) is 28.3 Å². The topological polar surface area (TPSA) is 45.2 Å². The summed E-state index contributed by atoms with van der Waals surface area (Å²) < 4.78 is 0. The predicted octanol–water partition coefficient (Wildman–Crippen LogP) is 3.24. The number of nitrogens with one attached hydrogen (secondary N) is 1. The first kappa shape index (κ1) is 16.9. The molecule has 0 aromatic carbocycles. The monoisotopic (exact) mass is 369 g/mol. The first-order valence-electron chi connectivity index (χ1n) is 7.77. The van der Waals surface area contributed by atoms with Crippen LogP contribution in [0.25, 0.3) is 10.6 Å². The number of aromatic nitrogens is 1. The van der Waals surface area contributed by atoms with Crippen LogP contribution in [-0.2, 0) is 17.8 Å². The molecule has 0 saturated carbocycles. The molecule has 0 radical (unpaired) electrons. The number of hydrogen-bond donors (Lipinski definition) is 1. The molecule has 1 N–H and O–H groups in total. The van der Waals surface area contributed by atoms with Crippen LogP contribution in [0.4, 0.5) is 0 Å². The van der Waals surface area contributed by atoms with Crippen molar-refractivity contribution in [2.75, 3.05) is 13.1 Å². The van der Waals surface area contributed by atoms with E-state index in [1.165, 1.54) is 15.3 Å². The number of amides is 1. The van der Waals surface area contributed by atoms with Crippen LogP contribution in [0.3, 0.4) is 0 Å². The van der Waals surface area contributed by atoms with E-state index in [1.54, 1.807) is 11.3 Å². The van der Waals surface area contributed by atoms with Gasteiger partial charge in [0.25, 0.3) is 0 Å². The molecule has 4 heterocycles. The molecular formula is C16H20ClN3OS2. The Kier molecular flexibility index (Phi) is 5.06. The maximum absolute atomic E-state index is 12.5. The van der Waals surface area contributed by atoms with E-state index in [-0.39, 0.29) is 24.4 Å². The third-order valence-corrected chi connectivity index (χ3v) is 6.44. The lowest BCUT2D eigenvalue weighted by molar-refractivity contribution is -0.134. The predicted molar refractivity (Wildman–Crippen MR) is 97.6 cm³/mol. The van der Waals surface area contributed by atoms with Crippen LogP contribution in [0.5, 0.6) is 0 Å². The second-order valence-corrected chi connectivity index (χ2v) is 8.17. The first-order chi connectivity index (χ1) is 10.7. The minimum absolute atomic E-state index is 0. The van der Waals surface area contributed by atoms with E-state index in [0.717, 1.165) is 49.6 Å². The maximum Gasteiger partial charge on any atom is 0.240 e. The number of thiophene rings is 1. The van der Waals surface area contributed by atoms with E-state index in [2.05, 4.69) is 21.7 Å². The highest BCUT2D eigenvalue weighted by molar-refractivity contribution is 7.16. The van der Waals surface area contributed by atoms with Gasteiger partial charge in [0.05, 0.1) is 21.6 Å². The highest BCUT2D eigenvalue weighted by Gasteiger charge is 2.30. The highest BCUT2D eigenvalue weighted by Crippen LogP contribution is 2.35. The van der Waals surface area contributed by atoms with Gasteiger partial charge in [-0.15, -0.1) is 35.1 Å². The van der Waals surface area contributed by atoms with Crippen molar-refractivity contribution in [1.82, 2.24) is 15.2 Å². The number of hydrogen-bond acceptors (Lipinski definition) is 5. The molecule has 2 aromatic rings. The number of carbonyl (C=O) groups is 1. The lowest BCUT2D eigenvalue weighted by Crippen LogP contribution is -2.45. The van der Waals surface area contributed by atoms with Crippen molar-refractivity contribution >= 4 is 41.0 Å². The molecule has 7 heteroatoms. The minimum Gasteiger partial charge on any atom is -0.337 e. The summed E-state index contributed by atoms with van der Waals surface area (Å²) in [4.78, 5) is 21.8. The minimum atomic E-state index is 0. The Morgan fingerprint density at radius 2 is 2.35 bits per heavy atom. The normalized spacial score (nSPS) is 20.2. The van der Waals surface area contributed by atoms with Crippen LogP contribution in [0.15, 0.2) is 11.4 Å². The van der Waals surface area contributed by atoms with Gasteiger partial charge < -0.3 is 10.2 Å². The molecule has 124 valence electrons. The molecule has 23 heavy (non-hydrogen) atoms. The molecule has 1 atom stereocenters. The van der Waals surface area contributed by atoms with Gasteiger partial charge in [0.15, 0.2) is 0 Å². The Labute approximate surface area is 150 Å². The fraction of sp³-hybridized carbons (Fsp3) is 0.500. The Balaban J connectivity index is 0.00000156. The third kappa shape index (κ3) is 3.31. The van der Waals surface area contributed by atoms with Crippen molar-refractivity contribution in [2.45, 2.75) is 38.8 Å². The van der Waals surface area contributed by atoms with E-state index in [4.69, 9.17) is 0 Å². The molecule has 2 aliphatic heterocycles. The van der Waals surface area contributed by atoms with Crippen molar-refractivity contribution in [1.29, 1.82) is 0 Å². The van der Waals surface area contributed by atoms with Gasteiger partial charge in [-0.3, -0.25) is 4.79 Å². The fourth-order valence-corrected chi connectivity index (χ4v) is 5.05. The van der Waals surface area contributed by atoms with Crippen LogP contribution >= 0.6 is 35.1 Å². The van der Waals surface area contributed by atoms with E-state index in [0.29, 0.717) is 0 Å². The number of thiazole rings is 1. The summed E-state index contributed by atoms with van der Waals surface area (Å²) in [7, 11) is 0. The van der Waals surface area contributed by atoms with Gasteiger partial charge in [-0.25, -0.2) is 4.98 Å². The Bertz CT molecular complexity index is 706. The van der Waals surface area contributed by atoms with Gasteiger partial charge in [0.1, 0.15) is 0 Å². The maximum atomic E-state index is 12.5. The summed E-state index contributed by atoms with van der Waals surface area (Å²) in [5.41, 5.74) is 2.39. The van der Waals surface area contributed by atoms with Crippen molar-refractivity contribution in [3.8, 4) is 10.6 Å². The summed E-state index contributed by atoms with van der Waals surface area (Å²) in [5.74, 6) is 0.278. The van der Waals surface area contributed by atoms with Gasteiger partial charge in [-0.05, 0) is 44.4 Å². The zero-order valence-electron chi connectivity index (χ0n) is 13.0. The highest BCUT2D eigenvalue weighted by atomic mass is 35.5. The van der Waals surface area contributed by atoms with Gasteiger partial charge in [-0.2, -0.15) is 0 Å². The molecule has 1 fully saturated rings. The Morgan fingerprint density at radius 3 is 3.04 bits per heavy atom. The van der Waals surface area contributed by atoms with E-state index in [9.17, 15) is 4.79 Å². The second-order valence-electron chi connectivity index (χ2n) is 5.97. The summed E-state index contributed by atoms with van der Waals surface area (Å²) in [6, 6.07) is 2.27. The quantitative estimate of drug-likeness (QED) is 0.883. The standard InChI is InChI=1S/C16H19N3OS2.ClH/c1-10-18-13(9-21-10)15-7-11-8-19(6-4-14(11)22-15)16(20)12-3-2-5-17-12;/h7,9,12,17H,2-6,8H2,1H3;1H. The zero-order valence-corrected chi connectivity index (χ0v) is 15.5. The van der Waals surface area contributed by atoms with Crippen molar-refractivity contribution in [2.24, 2.45) is 0 Å². The number of carbonyl (C=O) groups excluding carboxylic acids is 1. The third-order valence-electron chi connectivity index (χ3n) is 4.41. The average molecular weight is 370 g/mol. The van der Waals surface area contributed by atoms with Crippen molar-refractivity contribution < 1.29 is 4.79 Å². The zero-order chi connectivity index (χ0) is 15.1. The van der Waals surface area contributed by atoms with Crippen LogP contribution < -0.4 is 5.32 Å². The molecule has 0 spiro atoms. The average Bonchev–Trinajstić information content (AvgIpc) is 3.25. The summed E-state index contributed by atoms with van der Waals surface area (Å²) in [5, 5.41) is 6.54. The first-order valence-corrected chi connectivity index (χ1v) is 9.46. The van der Waals surface area contributed by atoms with Crippen LogP contribution in [0.2, 0.25) is 0 Å². The van der Waals surface area contributed by atoms with Gasteiger partial charge in [-0.1, -0.05) is 0 Å². The molecule has 0 aliphatic carbocycles. The fourth-order valence-electron chi connectivity index (χ4n) is 3.24. The molecule has 2 aliphatic rings. The molecular weight excluding hydrogens is 350 g/mol.